The van der Waals surface area contributed by atoms with E-state index in [1.165, 1.54) is 5.56 Å². The number of nitrogens with one attached hydrogen (secondary N) is 1. The summed E-state index contributed by atoms with van der Waals surface area (Å²) in [7, 11) is 0. The number of hydrogen-bond acceptors (Lipinski definition) is 3. The van der Waals surface area contributed by atoms with Gasteiger partial charge in [0.05, 0.1) is 0 Å². The first-order valence-electron chi connectivity index (χ1n) is 7.77. The Morgan fingerprint density at radius 3 is 2.17 bits per heavy atom. The van der Waals surface area contributed by atoms with Gasteiger partial charge in [-0.15, -0.1) is 0 Å². The number of rotatable bonds is 7. The van der Waals surface area contributed by atoms with Crippen molar-refractivity contribution in [3.63, 3.8) is 0 Å². The van der Waals surface area contributed by atoms with Gasteiger partial charge in [-0.25, -0.2) is 4.79 Å². The molecular weight excluding hydrogens is 306 g/mol. The molecule has 2 N–H and O–H groups in total. The lowest BCUT2D eigenvalue weighted by Crippen LogP contribution is -2.36. The molecule has 0 radical (unpaired) electrons. The molecule has 24 heavy (non-hydrogen) atoms. The Morgan fingerprint density at radius 2 is 1.62 bits per heavy atom. The summed E-state index contributed by atoms with van der Waals surface area (Å²) in [4.78, 5) is 23.3. The van der Waals surface area contributed by atoms with Crippen LogP contribution in [0.2, 0.25) is 0 Å². The second-order valence-corrected chi connectivity index (χ2v) is 5.76. The number of amides is 1. The number of carbonyl (C=O) groups excluding carboxylic acids is 1. The fraction of sp³-hybridized carbons (Fsp3) is 0.263. The second kappa shape index (κ2) is 8.15. The molecule has 2 rings (SSSR count). The van der Waals surface area contributed by atoms with Crippen molar-refractivity contribution < 1.29 is 19.4 Å². The van der Waals surface area contributed by atoms with E-state index in [4.69, 9.17) is 4.74 Å². The third kappa shape index (κ3) is 4.84. The van der Waals surface area contributed by atoms with E-state index >= 15 is 0 Å². The molecule has 0 spiro atoms. The van der Waals surface area contributed by atoms with Crippen LogP contribution in [0.25, 0.3) is 0 Å². The molecule has 5 nitrogen and oxygen atoms in total. The predicted octanol–water partition coefficient (Wildman–Crippen LogP) is 3.13. The summed E-state index contributed by atoms with van der Waals surface area (Å²) in [5, 5.41) is 11.8. The van der Waals surface area contributed by atoms with Gasteiger partial charge in [-0.05, 0) is 29.2 Å². The molecule has 126 valence electrons. The normalized spacial score (nSPS) is 11.8. The fourth-order valence-corrected chi connectivity index (χ4v) is 2.23. The molecule has 1 atom stereocenters. The summed E-state index contributed by atoms with van der Waals surface area (Å²) >= 11 is 0. The van der Waals surface area contributed by atoms with Crippen LogP contribution in [-0.2, 0) is 9.59 Å². The molecule has 0 bridgehead atoms. The number of aliphatic carboxylic acids is 1. The third-order valence-electron chi connectivity index (χ3n) is 3.60. The van der Waals surface area contributed by atoms with Gasteiger partial charge in [0.25, 0.3) is 5.91 Å². The number of carboxylic acids is 1. The van der Waals surface area contributed by atoms with Crippen LogP contribution >= 0.6 is 0 Å². The van der Waals surface area contributed by atoms with Crippen LogP contribution in [0.1, 0.15) is 36.9 Å². The molecule has 2 aromatic carbocycles. The van der Waals surface area contributed by atoms with E-state index < -0.39 is 17.9 Å². The van der Waals surface area contributed by atoms with E-state index in [1.807, 2.05) is 12.1 Å². The maximum atomic E-state index is 12.0. The van der Waals surface area contributed by atoms with Crippen molar-refractivity contribution in [2.75, 3.05) is 6.61 Å². The summed E-state index contributed by atoms with van der Waals surface area (Å²) in [6.07, 6.45) is 0. The minimum atomic E-state index is -1.11. The Bertz CT molecular complexity index is 680. The van der Waals surface area contributed by atoms with Crippen molar-refractivity contribution in [2.45, 2.75) is 25.8 Å². The highest BCUT2D eigenvalue weighted by molar-refractivity contribution is 5.85. The van der Waals surface area contributed by atoms with Crippen LogP contribution in [0.5, 0.6) is 5.75 Å². The quantitative estimate of drug-likeness (QED) is 0.819. The first kappa shape index (κ1) is 17.5. The number of carbonyl (C=O) groups is 2. The van der Waals surface area contributed by atoms with Crippen LogP contribution in [0.15, 0.2) is 54.6 Å². The standard InChI is InChI=1S/C19H21NO4/c1-13(2)14-8-10-16(11-9-14)24-12-17(21)20-18(19(22)23)15-6-4-3-5-7-15/h3-11,13,18H,12H2,1-2H3,(H,20,21)(H,22,23)/t18-/m0/s1. The molecule has 0 aliphatic carbocycles. The van der Waals surface area contributed by atoms with E-state index in [-0.39, 0.29) is 6.61 Å². The van der Waals surface area contributed by atoms with Gasteiger partial charge in [-0.1, -0.05) is 56.3 Å². The van der Waals surface area contributed by atoms with E-state index in [9.17, 15) is 14.7 Å². The third-order valence-corrected chi connectivity index (χ3v) is 3.60. The highest BCUT2D eigenvalue weighted by Crippen LogP contribution is 2.18. The van der Waals surface area contributed by atoms with Crippen LogP contribution < -0.4 is 10.1 Å². The molecule has 0 fully saturated rings. The molecule has 0 saturated heterocycles. The fourth-order valence-electron chi connectivity index (χ4n) is 2.23. The zero-order chi connectivity index (χ0) is 17.5. The Hall–Kier alpha value is -2.82. The maximum Gasteiger partial charge on any atom is 0.330 e. The van der Waals surface area contributed by atoms with Crippen LogP contribution in [-0.4, -0.2) is 23.6 Å². The first-order valence-corrected chi connectivity index (χ1v) is 7.77. The molecule has 0 aliphatic rings. The Morgan fingerprint density at radius 1 is 1.00 bits per heavy atom. The molecule has 0 heterocycles. The maximum absolute atomic E-state index is 12.0. The van der Waals surface area contributed by atoms with Gasteiger partial charge >= 0.3 is 5.97 Å². The van der Waals surface area contributed by atoms with Gasteiger partial charge < -0.3 is 15.2 Å². The van der Waals surface area contributed by atoms with Crippen molar-refractivity contribution in [2.24, 2.45) is 0 Å². The van der Waals surface area contributed by atoms with E-state index in [1.54, 1.807) is 42.5 Å². The van der Waals surface area contributed by atoms with Crippen molar-refractivity contribution >= 4 is 11.9 Å². The number of hydrogen-bond donors (Lipinski definition) is 2. The number of carboxylic acid groups (broad SMARTS) is 1. The summed E-state index contributed by atoms with van der Waals surface area (Å²) in [6, 6.07) is 15.0. The minimum Gasteiger partial charge on any atom is -0.484 e. The van der Waals surface area contributed by atoms with Crippen molar-refractivity contribution in [3.05, 3.63) is 65.7 Å². The lowest BCUT2D eigenvalue weighted by molar-refractivity contribution is -0.142. The molecule has 0 unspecified atom stereocenters. The van der Waals surface area contributed by atoms with Gasteiger partial charge in [0.15, 0.2) is 12.6 Å². The largest absolute Gasteiger partial charge is 0.484 e. The second-order valence-electron chi connectivity index (χ2n) is 5.76. The Kier molecular flexibility index (Phi) is 5.95. The Labute approximate surface area is 141 Å². The first-order chi connectivity index (χ1) is 11.5. The smallest absolute Gasteiger partial charge is 0.330 e. The van der Waals surface area contributed by atoms with Gasteiger partial charge in [-0.2, -0.15) is 0 Å². The highest BCUT2D eigenvalue weighted by Gasteiger charge is 2.21. The lowest BCUT2D eigenvalue weighted by Gasteiger charge is -2.15. The van der Waals surface area contributed by atoms with Crippen LogP contribution in [0, 0.1) is 0 Å². The highest BCUT2D eigenvalue weighted by atomic mass is 16.5. The average Bonchev–Trinajstić information content (AvgIpc) is 2.58. The predicted molar refractivity (Wildman–Crippen MR) is 91.0 cm³/mol. The number of benzene rings is 2. The van der Waals surface area contributed by atoms with E-state index in [0.717, 1.165) is 0 Å². The van der Waals surface area contributed by atoms with Crippen molar-refractivity contribution in [1.82, 2.24) is 5.32 Å². The SMILES string of the molecule is CC(C)c1ccc(OCC(=O)N[C@H](C(=O)O)c2ccccc2)cc1. The van der Waals surface area contributed by atoms with Gasteiger partial charge in [0.1, 0.15) is 5.75 Å². The van der Waals surface area contributed by atoms with Crippen LogP contribution in [0.4, 0.5) is 0 Å². The Balaban J connectivity index is 1.93. The topological polar surface area (TPSA) is 75.6 Å². The van der Waals surface area contributed by atoms with Crippen LogP contribution in [0.3, 0.4) is 0 Å². The van der Waals surface area contributed by atoms with Crippen molar-refractivity contribution in [1.29, 1.82) is 0 Å². The lowest BCUT2D eigenvalue weighted by atomic mass is 10.0. The molecule has 0 aliphatic heterocycles. The minimum absolute atomic E-state index is 0.238. The van der Waals surface area contributed by atoms with Gasteiger partial charge in [-0.3, -0.25) is 4.79 Å². The number of ether oxygens (including phenoxy) is 1. The molecule has 5 heteroatoms. The summed E-state index contributed by atoms with van der Waals surface area (Å²) in [6.45, 7) is 3.95. The van der Waals surface area contributed by atoms with Gasteiger partial charge in [0.2, 0.25) is 0 Å². The molecule has 0 aromatic heterocycles. The summed E-state index contributed by atoms with van der Waals surface area (Å²) in [5.41, 5.74) is 1.70. The molecule has 2 aromatic rings. The van der Waals surface area contributed by atoms with Gasteiger partial charge in [0, 0.05) is 0 Å². The van der Waals surface area contributed by atoms with E-state index in [2.05, 4.69) is 19.2 Å². The van der Waals surface area contributed by atoms with Crippen molar-refractivity contribution in [3.8, 4) is 5.75 Å². The van der Waals surface area contributed by atoms with E-state index in [0.29, 0.717) is 17.2 Å². The average molecular weight is 327 g/mol. The molecule has 1 amide bonds. The molecule has 0 saturated carbocycles. The summed E-state index contributed by atoms with van der Waals surface area (Å²) in [5.74, 6) is -0.610. The molecular formula is C19H21NO4. The summed E-state index contributed by atoms with van der Waals surface area (Å²) < 4.78 is 5.41. The zero-order valence-corrected chi connectivity index (χ0v) is 13.7. The zero-order valence-electron chi connectivity index (χ0n) is 13.7. The monoisotopic (exact) mass is 327 g/mol.